The van der Waals surface area contributed by atoms with Crippen LogP contribution < -0.4 is 10.6 Å². The first-order chi connectivity index (χ1) is 13.7. The van der Waals surface area contributed by atoms with E-state index in [0.717, 1.165) is 44.4 Å². The van der Waals surface area contributed by atoms with E-state index in [9.17, 15) is 9.59 Å². The first-order valence-electron chi connectivity index (χ1n) is 10.8. The van der Waals surface area contributed by atoms with E-state index < -0.39 is 0 Å². The van der Waals surface area contributed by atoms with Crippen LogP contribution >= 0.6 is 11.8 Å². The van der Waals surface area contributed by atoms with Crippen molar-refractivity contribution < 1.29 is 9.59 Å². The van der Waals surface area contributed by atoms with Crippen LogP contribution in [0.5, 0.6) is 0 Å². The molecule has 2 N–H and O–H groups in total. The van der Waals surface area contributed by atoms with E-state index in [1.807, 2.05) is 22.7 Å². The van der Waals surface area contributed by atoms with Crippen LogP contribution in [0.2, 0.25) is 0 Å². The van der Waals surface area contributed by atoms with E-state index in [1.165, 1.54) is 29.7 Å². The summed E-state index contributed by atoms with van der Waals surface area (Å²) < 4.78 is 0. The van der Waals surface area contributed by atoms with Crippen LogP contribution in [0.3, 0.4) is 0 Å². The zero-order chi connectivity index (χ0) is 19.3. The maximum atomic E-state index is 12.9. The average molecular weight is 402 g/mol. The van der Waals surface area contributed by atoms with Gasteiger partial charge in [0.25, 0.3) is 0 Å². The Balaban J connectivity index is 1.33. The van der Waals surface area contributed by atoms with E-state index in [2.05, 4.69) is 28.8 Å². The van der Waals surface area contributed by atoms with E-state index in [4.69, 9.17) is 0 Å². The van der Waals surface area contributed by atoms with Gasteiger partial charge < -0.3 is 15.5 Å². The number of amides is 3. The molecule has 0 radical (unpaired) electrons. The molecule has 0 aromatic heterocycles. The van der Waals surface area contributed by atoms with Gasteiger partial charge in [-0.05, 0) is 43.7 Å². The average Bonchev–Trinajstić information content (AvgIpc) is 2.75. The van der Waals surface area contributed by atoms with Gasteiger partial charge in [-0.1, -0.05) is 37.5 Å². The van der Waals surface area contributed by atoms with Crippen LogP contribution in [-0.4, -0.2) is 41.7 Å². The largest absolute Gasteiger partial charge is 0.353 e. The number of urea groups is 1. The van der Waals surface area contributed by atoms with Gasteiger partial charge in [0, 0.05) is 29.8 Å². The highest BCUT2D eigenvalue weighted by Crippen LogP contribution is 2.36. The molecule has 2 fully saturated rings. The number of carbonyl (C=O) groups is 2. The molecule has 1 saturated carbocycles. The number of hydrogen-bond donors (Lipinski definition) is 2. The number of benzene rings is 1. The molecule has 28 heavy (non-hydrogen) atoms. The fourth-order valence-corrected chi connectivity index (χ4v) is 5.80. The smallest absolute Gasteiger partial charge is 0.317 e. The molecule has 6 heteroatoms. The molecule has 1 aliphatic carbocycles. The maximum absolute atomic E-state index is 12.9. The maximum Gasteiger partial charge on any atom is 0.317 e. The summed E-state index contributed by atoms with van der Waals surface area (Å²) >= 11 is 1.86. The SMILES string of the molecule is O=C(NC1CCCCC1)[C@H]1CCCN(C(=O)N[C@@H]2CCSc3ccccc32)C1. The molecule has 3 aliphatic rings. The van der Waals surface area contributed by atoms with Crippen LogP contribution in [0.1, 0.15) is 63.0 Å². The van der Waals surface area contributed by atoms with Crippen molar-refractivity contribution in [1.29, 1.82) is 0 Å². The summed E-state index contributed by atoms with van der Waals surface area (Å²) in [7, 11) is 0. The number of piperidine rings is 1. The molecule has 152 valence electrons. The lowest BCUT2D eigenvalue weighted by atomic mass is 9.93. The second-order valence-corrected chi connectivity index (χ2v) is 9.44. The lowest BCUT2D eigenvalue weighted by molar-refractivity contribution is -0.127. The Morgan fingerprint density at radius 2 is 1.79 bits per heavy atom. The Hall–Kier alpha value is -1.69. The number of thioether (sulfide) groups is 1. The molecule has 2 heterocycles. The van der Waals surface area contributed by atoms with E-state index in [0.29, 0.717) is 12.6 Å². The molecule has 0 unspecified atom stereocenters. The Kier molecular flexibility index (Phi) is 6.45. The minimum atomic E-state index is -0.0735. The number of fused-ring (bicyclic) bond motifs is 1. The minimum absolute atomic E-state index is 0.0260. The van der Waals surface area contributed by atoms with Crippen LogP contribution in [0.4, 0.5) is 4.79 Å². The summed E-state index contributed by atoms with van der Waals surface area (Å²) in [5.74, 6) is 1.09. The second-order valence-electron chi connectivity index (χ2n) is 8.31. The Morgan fingerprint density at radius 3 is 2.64 bits per heavy atom. The van der Waals surface area contributed by atoms with Gasteiger partial charge in [0.15, 0.2) is 0 Å². The van der Waals surface area contributed by atoms with Gasteiger partial charge in [-0.2, -0.15) is 0 Å². The number of rotatable bonds is 3. The predicted octanol–water partition coefficient (Wildman–Crippen LogP) is 4.09. The van der Waals surface area contributed by atoms with Crippen molar-refractivity contribution in [3.05, 3.63) is 29.8 Å². The van der Waals surface area contributed by atoms with E-state index in [-0.39, 0.29) is 23.9 Å². The van der Waals surface area contributed by atoms with E-state index >= 15 is 0 Å². The van der Waals surface area contributed by atoms with Gasteiger partial charge in [0.1, 0.15) is 0 Å². The zero-order valence-electron chi connectivity index (χ0n) is 16.5. The molecule has 4 rings (SSSR count). The van der Waals surface area contributed by atoms with Crippen molar-refractivity contribution in [1.82, 2.24) is 15.5 Å². The van der Waals surface area contributed by atoms with Gasteiger partial charge in [-0.3, -0.25) is 4.79 Å². The third kappa shape index (κ3) is 4.65. The summed E-state index contributed by atoms with van der Waals surface area (Å²) in [4.78, 5) is 28.7. The quantitative estimate of drug-likeness (QED) is 0.802. The van der Waals surface area contributed by atoms with Crippen molar-refractivity contribution in [2.75, 3.05) is 18.8 Å². The molecule has 2 aliphatic heterocycles. The molecule has 1 saturated heterocycles. The number of hydrogen-bond acceptors (Lipinski definition) is 3. The second kappa shape index (κ2) is 9.21. The molecule has 0 bridgehead atoms. The van der Waals surface area contributed by atoms with Gasteiger partial charge in [-0.15, -0.1) is 11.8 Å². The summed E-state index contributed by atoms with van der Waals surface area (Å²) in [5.41, 5.74) is 1.22. The molecule has 3 amide bonds. The normalized spacial score (nSPS) is 25.6. The third-order valence-corrected chi connectivity index (χ3v) is 7.41. The summed E-state index contributed by atoms with van der Waals surface area (Å²) in [6, 6.07) is 8.71. The van der Waals surface area contributed by atoms with Gasteiger partial charge in [0.05, 0.1) is 12.0 Å². The first-order valence-corrected chi connectivity index (χ1v) is 11.8. The minimum Gasteiger partial charge on any atom is -0.353 e. The van der Waals surface area contributed by atoms with Crippen molar-refractivity contribution in [2.45, 2.75) is 68.3 Å². The Morgan fingerprint density at radius 1 is 0.964 bits per heavy atom. The standard InChI is InChI=1S/C22H31N3O2S/c26-21(23-17-8-2-1-3-9-17)16-7-6-13-25(15-16)22(27)24-19-12-14-28-20-11-5-4-10-18(19)20/h4-5,10-11,16-17,19H,1-3,6-9,12-15H2,(H,23,26)(H,24,27)/t16-,19+/m0/s1. The monoisotopic (exact) mass is 401 g/mol. The van der Waals surface area contributed by atoms with Gasteiger partial charge in [0.2, 0.25) is 5.91 Å². The van der Waals surface area contributed by atoms with Crippen molar-refractivity contribution in [3.63, 3.8) is 0 Å². The summed E-state index contributed by atoms with van der Waals surface area (Å²) in [6.07, 6.45) is 8.64. The summed E-state index contributed by atoms with van der Waals surface area (Å²) in [5, 5.41) is 6.47. The predicted molar refractivity (Wildman–Crippen MR) is 112 cm³/mol. The van der Waals surface area contributed by atoms with Gasteiger partial charge in [-0.25, -0.2) is 4.79 Å². The van der Waals surface area contributed by atoms with Crippen LogP contribution in [0.15, 0.2) is 29.2 Å². The molecule has 1 aromatic rings. The van der Waals surface area contributed by atoms with Gasteiger partial charge >= 0.3 is 6.03 Å². The summed E-state index contributed by atoms with van der Waals surface area (Å²) in [6.45, 7) is 1.27. The Labute approximate surface area is 172 Å². The van der Waals surface area contributed by atoms with Crippen LogP contribution in [0.25, 0.3) is 0 Å². The molecular weight excluding hydrogens is 370 g/mol. The topological polar surface area (TPSA) is 61.4 Å². The van der Waals surface area contributed by atoms with Crippen LogP contribution in [0, 0.1) is 5.92 Å². The fourth-order valence-electron chi connectivity index (χ4n) is 4.67. The van der Waals surface area contributed by atoms with Crippen molar-refractivity contribution in [3.8, 4) is 0 Å². The third-order valence-electron chi connectivity index (χ3n) is 6.29. The van der Waals surface area contributed by atoms with Crippen LogP contribution in [-0.2, 0) is 4.79 Å². The number of nitrogens with zero attached hydrogens (tertiary/aromatic N) is 1. The van der Waals surface area contributed by atoms with Crippen molar-refractivity contribution in [2.24, 2.45) is 5.92 Å². The molecular formula is C22H31N3O2S. The zero-order valence-corrected chi connectivity index (χ0v) is 17.3. The molecule has 1 aromatic carbocycles. The highest BCUT2D eigenvalue weighted by atomic mass is 32.2. The van der Waals surface area contributed by atoms with Crippen molar-refractivity contribution >= 4 is 23.7 Å². The highest BCUT2D eigenvalue weighted by molar-refractivity contribution is 7.99. The number of carbonyl (C=O) groups excluding carboxylic acids is 2. The fraction of sp³-hybridized carbons (Fsp3) is 0.636. The number of likely N-dealkylation sites (tertiary alicyclic amines) is 1. The lowest BCUT2D eigenvalue weighted by Crippen LogP contribution is -2.51. The Bertz CT molecular complexity index is 705. The molecule has 5 nitrogen and oxygen atoms in total. The number of nitrogens with one attached hydrogen (secondary N) is 2. The first kappa shape index (κ1) is 19.6. The molecule has 0 spiro atoms. The van der Waals surface area contributed by atoms with E-state index in [1.54, 1.807) is 0 Å². The highest BCUT2D eigenvalue weighted by Gasteiger charge is 2.31. The lowest BCUT2D eigenvalue weighted by Gasteiger charge is -2.35. The molecule has 2 atom stereocenters.